The molecule has 94 valence electrons. The van der Waals surface area contributed by atoms with Crippen LogP contribution >= 0.6 is 11.6 Å². The fourth-order valence-electron chi connectivity index (χ4n) is 2.76. The quantitative estimate of drug-likeness (QED) is 0.831. The zero-order valence-electron chi connectivity index (χ0n) is 13.1. The van der Waals surface area contributed by atoms with Crippen molar-refractivity contribution >= 4 is 23.1 Å². The van der Waals surface area contributed by atoms with E-state index in [1.165, 1.54) is 0 Å². The Morgan fingerprint density at radius 3 is 3.11 bits per heavy atom. The first-order chi connectivity index (χ1) is 9.67. The molecule has 1 aromatic rings. The second-order valence-electron chi connectivity index (χ2n) is 4.81. The molecule has 1 atom stereocenters. The molecule has 0 fully saturated rings. The Hall–Kier alpha value is -1.28. The van der Waals surface area contributed by atoms with Gasteiger partial charge in [-0.25, -0.2) is 0 Å². The third kappa shape index (κ3) is 1.67. The lowest BCUT2D eigenvalue weighted by atomic mass is 9.82. The summed E-state index contributed by atoms with van der Waals surface area (Å²) in [5.74, 6) is -2.22. The normalized spacial score (nSPS) is 31.1. The second kappa shape index (κ2) is 4.13. The average Bonchev–Trinajstić information content (AvgIpc) is 2.75. The zero-order valence-corrected chi connectivity index (χ0v) is 10.9. The number of rotatable bonds is 1. The van der Waals surface area contributed by atoms with Gasteiger partial charge < -0.3 is 5.73 Å². The number of benzene rings is 1. The van der Waals surface area contributed by atoms with Gasteiger partial charge in [0.15, 0.2) is 0 Å². The monoisotopic (exact) mass is 264 g/mol. The van der Waals surface area contributed by atoms with Crippen LogP contribution in [-0.2, 0) is 11.2 Å². The molecule has 18 heavy (non-hydrogen) atoms. The van der Waals surface area contributed by atoms with E-state index in [2.05, 4.69) is 0 Å². The molecule has 3 heteroatoms. The highest BCUT2D eigenvalue weighted by atomic mass is 35.5. The molecule has 0 heterocycles. The Morgan fingerprint density at radius 1 is 1.61 bits per heavy atom. The van der Waals surface area contributed by atoms with Gasteiger partial charge in [-0.05, 0) is 66.5 Å². The topological polar surface area (TPSA) is 43.1 Å². The number of aryl methyl sites for hydroxylation is 1. The summed E-state index contributed by atoms with van der Waals surface area (Å²) < 4.78 is 24.9. The number of halogens is 1. The maximum Gasteiger partial charge on any atom is 0.224 e. The maximum absolute atomic E-state index is 11.8. The second-order valence-corrected chi connectivity index (χ2v) is 5.22. The molecule has 0 saturated heterocycles. The van der Waals surface area contributed by atoms with E-state index in [4.69, 9.17) is 21.4 Å². The van der Waals surface area contributed by atoms with Gasteiger partial charge in [-0.3, -0.25) is 4.79 Å². The maximum atomic E-state index is 11.8. The summed E-state index contributed by atoms with van der Waals surface area (Å²) in [6.07, 6.45) is -0.925. The predicted molar refractivity (Wildman–Crippen MR) is 73.3 cm³/mol. The number of carbonyl (C=O) groups excluding carboxylic acids is 1. The number of fused-ring (bicyclic) bond motifs is 2. The fraction of sp³-hybridized carbons (Fsp3) is 0.400. The summed E-state index contributed by atoms with van der Waals surface area (Å²) in [5.41, 5.74) is 8.93. The molecule has 1 aromatic carbocycles. The molecular formula is C15H16ClNO. The first kappa shape index (κ1) is 8.76. The van der Waals surface area contributed by atoms with E-state index in [-0.39, 0.29) is 12.8 Å². The number of carbonyl (C=O) groups is 1. The van der Waals surface area contributed by atoms with E-state index in [0.717, 1.165) is 16.7 Å². The van der Waals surface area contributed by atoms with Crippen LogP contribution in [0.2, 0.25) is 5.02 Å². The van der Waals surface area contributed by atoms with Crippen molar-refractivity contribution in [1.82, 2.24) is 0 Å². The van der Waals surface area contributed by atoms with Gasteiger partial charge in [0.1, 0.15) is 0 Å². The molecule has 2 N–H and O–H groups in total. The summed E-state index contributed by atoms with van der Waals surface area (Å²) in [6, 6.07) is 3.66. The van der Waals surface area contributed by atoms with Gasteiger partial charge >= 0.3 is 0 Å². The number of hydrogen-bond acceptors (Lipinski definition) is 1. The number of nitrogens with two attached hydrogens (primary N) is 1. The molecule has 0 radical (unpaired) electrons. The minimum Gasteiger partial charge on any atom is -0.369 e. The summed E-state index contributed by atoms with van der Waals surface area (Å²) in [4.78, 5) is 11.8. The van der Waals surface area contributed by atoms with Crippen molar-refractivity contribution in [2.75, 3.05) is 0 Å². The van der Waals surface area contributed by atoms with Crippen LogP contribution in [-0.4, -0.2) is 5.91 Å². The zero-order chi connectivity index (χ0) is 15.6. The van der Waals surface area contributed by atoms with Crippen LogP contribution < -0.4 is 5.73 Å². The lowest BCUT2D eigenvalue weighted by Gasteiger charge is -2.22. The number of allylic oxidation sites excluding steroid dienone is 1. The molecule has 0 spiro atoms. The molecule has 0 saturated carbocycles. The average molecular weight is 265 g/mol. The van der Waals surface area contributed by atoms with Crippen LogP contribution in [0.1, 0.15) is 40.0 Å². The molecule has 0 bridgehead atoms. The summed E-state index contributed by atoms with van der Waals surface area (Å²) in [5, 5.41) is 0.568. The van der Waals surface area contributed by atoms with Crippen molar-refractivity contribution in [3.8, 4) is 0 Å². The third-order valence-corrected chi connectivity index (χ3v) is 4.07. The molecule has 1 amide bonds. The first-order valence-electron chi connectivity index (χ1n) is 7.50. The Morgan fingerprint density at radius 2 is 2.39 bits per heavy atom. The highest BCUT2D eigenvalue weighted by molar-refractivity contribution is 6.31. The van der Waals surface area contributed by atoms with Crippen molar-refractivity contribution in [2.45, 2.75) is 32.6 Å². The molecule has 0 aliphatic heterocycles. The lowest BCUT2D eigenvalue weighted by molar-refractivity contribution is -0.121. The lowest BCUT2D eigenvalue weighted by Crippen LogP contribution is -2.27. The summed E-state index contributed by atoms with van der Waals surface area (Å²) >= 11 is 6.17. The standard InChI is InChI=1S/C15H16ClNO/c1-8-5-9-6-13-10(12(9)7-14(8)16)3-2-4-11(13)15(17)18/h5,7,11H,2-4,6H2,1H3,(H2,17,18)/i3D2,11D. The number of primary amides is 1. The van der Waals surface area contributed by atoms with Gasteiger partial charge in [-0.15, -0.1) is 0 Å². The smallest absolute Gasteiger partial charge is 0.224 e. The van der Waals surface area contributed by atoms with Crippen molar-refractivity contribution < 1.29 is 8.91 Å². The highest BCUT2D eigenvalue weighted by Crippen LogP contribution is 2.45. The number of amides is 1. The fourth-order valence-corrected chi connectivity index (χ4v) is 2.92. The first-order valence-corrected chi connectivity index (χ1v) is 6.38. The SMILES string of the molecule is [2H]C1([2H])CCC([2H])(C(N)=O)C2=C1c1cc(Cl)c(C)cc1C2. The van der Waals surface area contributed by atoms with Crippen LogP contribution in [0.5, 0.6) is 0 Å². The van der Waals surface area contributed by atoms with E-state index in [9.17, 15) is 4.79 Å². The van der Waals surface area contributed by atoms with Crippen LogP contribution in [0.25, 0.3) is 5.57 Å². The molecule has 2 nitrogen and oxygen atoms in total. The highest BCUT2D eigenvalue weighted by Gasteiger charge is 2.33. The predicted octanol–water partition coefficient (Wildman–Crippen LogP) is 3.24. The Balaban J connectivity index is 2.27. The van der Waals surface area contributed by atoms with Gasteiger partial charge in [0.25, 0.3) is 0 Å². The summed E-state index contributed by atoms with van der Waals surface area (Å²) in [6.45, 7) is 1.89. The van der Waals surface area contributed by atoms with Gasteiger partial charge in [0.2, 0.25) is 5.91 Å². The van der Waals surface area contributed by atoms with Crippen LogP contribution in [0, 0.1) is 12.8 Å². The Kier molecular flexibility index (Phi) is 2.01. The molecule has 1 unspecified atom stereocenters. The van der Waals surface area contributed by atoms with Crippen molar-refractivity contribution in [1.29, 1.82) is 0 Å². The van der Waals surface area contributed by atoms with E-state index < -0.39 is 18.2 Å². The largest absolute Gasteiger partial charge is 0.369 e. The van der Waals surface area contributed by atoms with E-state index in [0.29, 0.717) is 22.6 Å². The Bertz CT molecular complexity index is 698. The van der Waals surface area contributed by atoms with E-state index in [1.54, 1.807) is 6.07 Å². The van der Waals surface area contributed by atoms with Gasteiger partial charge in [0.05, 0.1) is 5.89 Å². The molecule has 3 rings (SSSR count). The van der Waals surface area contributed by atoms with Crippen LogP contribution in [0.4, 0.5) is 0 Å². The Labute approximate surface area is 116 Å². The van der Waals surface area contributed by atoms with Gasteiger partial charge in [-0.2, -0.15) is 0 Å². The van der Waals surface area contributed by atoms with Crippen LogP contribution in [0.15, 0.2) is 17.7 Å². The van der Waals surface area contributed by atoms with E-state index >= 15 is 0 Å². The molecule has 0 aromatic heterocycles. The van der Waals surface area contributed by atoms with Crippen molar-refractivity contribution in [3.05, 3.63) is 39.4 Å². The summed E-state index contributed by atoms with van der Waals surface area (Å²) in [7, 11) is 0. The minimum absolute atomic E-state index is 0.114. The van der Waals surface area contributed by atoms with Crippen molar-refractivity contribution in [2.24, 2.45) is 11.6 Å². The number of hydrogen-bond donors (Lipinski definition) is 1. The van der Waals surface area contributed by atoms with Crippen LogP contribution in [0.3, 0.4) is 0 Å². The minimum atomic E-state index is -1.56. The van der Waals surface area contributed by atoms with E-state index in [1.807, 2.05) is 13.0 Å². The molecule has 2 aliphatic rings. The van der Waals surface area contributed by atoms with Crippen molar-refractivity contribution in [3.63, 3.8) is 0 Å². The molecule has 2 aliphatic carbocycles. The van der Waals surface area contributed by atoms with Gasteiger partial charge in [0, 0.05) is 9.13 Å². The molecular weight excluding hydrogens is 246 g/mol. The van der Waals surface area contributed by atoms with Gasteiger partial charge in [-0.1, -0.05) is 17.7 Å². The third-order valence-electron chi connectivity index (χ3n) is 3.66.